The number of carbonyl (C=O) groups is 1. The minimum Gasteiger partial charge on any atom is -0.369 e. The molecule has 0 aromatic heterocycles. The Morgan fingerprint density at radius 2 is 1.95 bits per heavy atom. The lowest BCUT2D eigenvalue weighted by Gasteiger charge is -2.57. The Kier molecular flexibility index (Phi) is 2.76. The molecule has 1 atom stereocenters. The van der Waals surface area contributed by atoms with Crippen LogP contribution >= 0.6 is 0 Å². The van der Waals surface area contributed by atoms with E-state index in [-0.39, 0.29) is 23.0 Å². The molecule has 4 heteroatoms. The molecule has 19 heavy (non-hydrogen) atoms. The second-order valence-electron chi connectivity index (χ2n) is 7.55. The monoisotopic (exact) mass is 269 g/mol. The fourth-order valence-corrected chi connectivity index (χ4v) is 4.21. The highest BCUT2D eigenvalue weighted by atomic mass is 19.1. The van der Waals surface area contributed by atoms with E-state index in [0.29, 0.717) is 25.9 Å². The standard InChI is InChI=1S/C15H24FNO2/c1-11-7-17(10-13(2,3)19-11)12(18)15(16)8-14(9-15)5-4-6-14/h11H,4-10H2,1-3H3. The second kappa shape index (κ2) is 3.94. The van der Waals surface area contributed by atoms with Crippen molar-refractivity contribution in [3.8, 4) is 0 Å². The van der Waals surface area contributed by atoms with Gasteiger partial charge in [-0.3, -0.25) is 4.79 Å². The van der Waals surface area contributed by atoms with Crippen LogP contribution in [0.5, 0.6) is 0 Å². The first-order valence-corrected chi connectivity index (χ1v) is 7.40. The average Bonchev–Trinajstić information content (AvgIpc) is 2.18. The molecular formula is C15H24FNO2. The van der Waals surface area contributed by atoms with Gasteiger partial charge >= 0.3 is 0 Å². The summed E-state index contributed by atoms with van der Waals surface area (Å²) >= 11 is 0. The van der Waals surface area contributed by atoms with Crippen LogP contribution in [0.25, 0.3) is 0 Å². The summed E-state index contributed by atoms with van der Waals surface area (Å²) in [6.07, 6.45) is 4.30. The highest BCUT2D eigenvalue weighted by Gasteiger charge is 2.62. The molecule has 0 bridgehead atoms. The van der Waals surface area contributed by atoms with Crippen molar-refractivity contribution >= 4 is 5.91 Å². The number of ether oxygens (including phenoxy) is 1. The number of rotatable bonds is 1. The fourth-order valence-electron chi connectivity index (χ4n) is 4.21. The first-order chi connectivity index (χ1) is 8.74. The highest BCUT2D eigenvalue weighted by Crippen LogP contribution is 2.62. The zero-order chi connectivity index (χ0) is 13.9. The third-order valence-corrected chi connectivity index (χ3v) is 4.96. The van der Waals surface area contributed by atoms with Gasteiger partial charge < -0.3 is 9.64 Å². The molecule has 3 rings (SSSR count). The van der Waals surface area contributed by atoms with Gasteiger partial charge in [0.15, 0.2) is 5.67 Å². The van der Waals surface area contributed by atoms with Gasteiger partial charge in [0, 0.05) is 13.1 Å². The number of amides is 1. The lowest BCUT2D eigenvalue weighted by molar-refractivity contribution is -0.188. The summed E-state index contributed by atoms with van der Waals surface area (Å²) in [7, 11) is 0. The van der Waals surface area contributed by atoms with Crippen LogP contribution in [0.2, 0.25) is 0 Å². The molecule has 1 heterocycles. The number of carbonyl (C=O) groups excluding carboxylic acids is 1. The fraction of sp³-hybridized carbons (Fsp3) is 0.933. The highest BCUT2D eigenvalue weighted by molar-refractivity contribution is 5.87. The topological polar surface area (TPSA) is 29.5 Å². The maximum atomic E-state index is 14.7. The second-order valence-corrected chi connectivity index (χ2v) is 7.55. The van der Waals surface area contributed by atoms with Crippen LogP contribution < -0.4 is 0 Å². The number of morpholine rings is 1. The largest absolute Gasteiger partial charge is 0.369 e. The number of hydrogen-bond donors (Lipinski definition) is 0. The molecular weight excluding hydrogens is 245 g/mol. The Labute approximate surface area is 114 Å². The molecule has 0 N–H and O–H groups in total. The SMILES string of the molecule is CC1CN(C(=O)C2(F)CC3(CCC3)C2)CC(C)(C)O1. The van der Waals surface area contributed by atoms with Gasteiger partial charge in [0.2, 0.25) is 0 Å². The van der Waals surface area contributed by atoms with E-state index < -0.39 is 5.67 Å². The van der Waals surface area contributed by atoms with E-state index in [0.717, 1.165) is 12.8 Å². The zero-order valence-corrected chi connectivity index (χ0v) is 12.2. The van der Waals surface area contributed by atoms with E-state index in [1.807, 2.05) is 20.8 Å². The first kappa shape index (κ1) is 13.3. The maximum Gasteiger partial charge on any atom is 0.260 e. The van der Waals surface area contributed by atoms with Crippen LogP contribution in [0.15, 0.2) is 0 Å². The molecule has 2 aliphatic carbocycles. The van der Waals surface area contributed by atoms with Gasteiger partial charge in [0.1, 0.15) is 0 Å². The van der Waals surface area contributed by atoms with Crippen LogP contribution in [-0.2, 0) is 9.53 Å². The van der Waals surface area contributed by atoms with Gasteiger partial charge in [0.05, 0.1) is 11.7 Å². The Morgan fingerprint density at radius 3 is 2.42 bits per heavy atom. The third kappa shape index (κ3) is 2.18. The minimum atomic E-state index is -1.59. The number of nitrogens with zero attached hydrogens (tertiary/aromatic N) is 1. The molecule has 0 aromatic rings. The van der Waals surface area contributed by atoms with Gasteiger partial charge in [-0.25, -0.2) is 4.39 Å². The summed E-state index contributed by atoms with van der Waals surface area (Å²) in [6.45, 7) is 6.88. The van der Waals surface area contributed by atoms with E-state index in [2.05, 4.69) is 0 Å². The van der Waals surface area contributed by atoms with Crippen LogP contribution in [0.1, 0.15) is 52.9 Å². The molecule has 3 aliphatic rings. The zero-order valence-electron chi connectivity index (χ0n) is 12.2. The van der Waals surface area contributed by atoms with Gasteiger partial charge in [0.25, 0.3) is 5.91 Å². The van der Waals surface area contributed by atoms with Gasteiger partial charge in [-0.05, 0) is 51.9 Å². The summed E-state index contributed by atoms with van der Waals surface area (Å²) in [5.41, 5.74) is -1.78. The molecule has 1 aliphatic heterocycles. The van der Waals surface area contributed by atoms with Gasteiger partial charge in [-0.15, -0.1) is 0 Å². The lowest BCUT2D eigenvalue weighted by Crippen LogP contribution is -2.64. The molecule has 0 radical (unpaired) electrons. The molecule has 2 saturated carbocycles. The van der Waals surface area contributed by atoms with Gasteiger partial charge in [-0.2, -0.15) is 0 Å². The molecule has 1 amide bonds. The quantitative estimate of drug-likeness (QED) is 0.732. The lowest BCUT2D eigenvalue weighted by atomic mass is 9.50. The summed E-state index contributed by atoms with van der Waals surface area (Å²) in [6, 6.07) is 0. The first-order valence-electron chi connectivity index (χ1n) is 7.40. The number of hydrogen-bond acceptors (Lipinski definition) is 2. The van der Waals surface area contributed by atoms with Crippen molar-refractivity contribution in [3.05, 3.63) is 0 Å². The number of halogens is 1. The van der Waals surface area contributed by atoms with Crippen LogP contribution in [-0.4, -0.2) is 41.3 Å². The Bertz CT molecular complexity index is 395. The summed E-state index contributed by atoms with van der Waals surface area (Å²) in [5.74, 6) is -0.298. The summed E-state index contributed by atoms with van der Waals surface area (Å²) in [5, 5.41) is 0. The third-order valence-electron chi connectivity index (χ3n) is 4.96. The Balaban J connectivity index is 1.67. The van der Waals surface area contributed by atoms with E-state index in [9.17, 15) is 9.18 Å². The Hall–Kier alpha value is -0.640. The predicted octanol–water partition coefficient (Wildman–Crippen LogP) is 2.68. The van der Waals surface area contributed by atoms with Crippen LogP contribution in [0.4, 0.5) is 4.39 Å². The van der Waals surface area contributed by atoms with E-state index in [4.69, 9.17) is 4.74 Å². The van der Waals surface area contributed by atoms with E-state index >= 15 is 0 Å². The summed E-state index contributed by atoms with van der Waals surface area (Å²) in [4.78, 5) is 14.1. The Morgan fingerprint density at radius 1 is 1.32 bits per heavy atom. The molecule has 108 valence electrons. The smallest absolute Gasteiger partial charge is 0.260 e. The van der Waals surface area contributed by atoms with Crippen LogP contribution in [0, 0.1) is 5.41 Å². The maximum absolute atomic E-state index is 14.7. The molecule has 1 spiro atoms. The minimum absolute atomic E-state index is 0.0194. The van der Waals surface area contributed by atoms with Crippen molar-refractivity contribution < 1.29 is 13.9 Å². The number of alkyl halides is 1. The van der Waals surface area contributed by atoms with Crippen molar-refractivity contribution in [3.63, 3.8) is 0 Å². The van der Waals surface area contributed by atoms with Crippen molar-refractivity contribution in [1.82, 2.24) is 4.90 Å². The molecule has 1 saturated heterocycles. The molecule has 3 fully saturated rings. The van der Waals surface area contributed by atoms with E-state index in [1.165, 1.54) is 6.42 Å². The molecule has 0 aromatic carbocycles. The molecule has 3 nitrogen and oxygen atoms in total. The van der Waals surface area contributed by atoms with Gasteiger partial charge in [-0.1, -0.05) is 6.42 Å². The van der Waals surface area contributed by atoms with Crippen molar-refractivity contribution in [2.24, 2.45) is 5.41 Å². The van der Waals surface area contributed by atoms with Crippen molar-refractivity contribution in [1.29, 1.82) is 0 Å². The molecule has 1 unspecified atom stereocenters. The summed E-state index contributed by atoms with van der Waals surface area (Å²) < 4.78 is 20.5. The van der Waals surface area contributed by atoms with E-state index in [1.54, 1.807) is 4.90 Å². The normalized spacial score (nSPS) is 34.5. The van der Waals surface area contributed by atoms with Crippen molar-refractivity contribution in [2.45, 2.75) is 70.2 Å². The van der Waals surface area contributed by atoms with Crippen LogP contribution in [0.3, 0.4) is 0 Å². The average molecular weight is 269 g/mol. The predicted molar refractivity (Wildman–Crippen MR) is 70.6 cm³/mol. The van der Waals surface area contributed by atoms with Crippen molar-refractivity contribution in [2.75, 3.05) is 13.1 Å².